The Labute approximate surface area is 182 Å². The molecule has 3 aromatic rings. The molecule has 156 valence electrons. The van der Waals surface area contributed by atoms with Crippen molar-refractivity contribution in [1.29, 1.82) is 0 Å². The number of aryl methyl sites for hydroxylation is 1. The Balaban J connectivity index is 1.36. The van der Waals surface area contributed by atoms with Gasteiger partial charge in [-0.25, -0.2) is 4.98 Å². The third kappa shape index (κ3) is 4.68. The van der Waals surface area contributed by atoms with Gasteiger partial charge in [0.25, 0.3) is 0 Å². The zero-order valence-corrected chi connectivity index (χ0v) is 17.9. The normalized spacial score (nSPS) is 13.6. The van der Waals surface area contributed by atoms with Crippen LogP contribution in [0.2, 0.25) is 5.02 Å². The summed E-state index contributed by atoms with van der Waals surface area (Å²) in [4.78, 5) is 21.2. The standard InChI is InChI=1S/C24H26ClN3O2/c1-27(17-18-8-2-5-11-21(18)28-14-6-7-15-28)24(29)13-12-23-26-16-22(30-23)19-9-3-4-10-20(19)25/h2-5,8-11,16H,6-7,12-15,17H2,1H3. The molecule has 30 heavy (non-hydrogen) atoms. The van der Waals surface area contributed by atoms with E-state index in [2.05, 4.69) is 28.1 Å². The summed E-state index contributed by atoms with van der Waals surface area (Å²) in [7, 11) is 1.85. The van der Waals surface area contributed by atoms with Gasteiger partial charge in [0, 0.05) is 50.8 Å². The molecule has 0 N–H and O–H groups in total. The molecule has 0 bridgehead atoms. The largest absolute Gasteiger partial charge is 0.441 e. The van der Waals surface area contributed by atoms with Crippen molar-refractivity contribution >= 4 is 23.2 Å². The highest BCUT2D eigenvalue weighted by Gasteiger charge is 2.18. The van der Waals surface area contributed by atoms with Crippen molar-refractivity contribution in [3.63, 3.8) is 0 Å². The fourth-order valence-electron chi connectivity index (χ4n) is 3.87. The van der Waals surface area contributed by atoms with Gasteiger partial charge in [0.05, 0.1) is 11.2 Å². The van der Waals surface area contributed by atoms with Crippen molar-refractivity contribution in [3.05, 3.63) is 71.2 Å². The number of carbonyl (C=O) groups is 1. The van der Waals surface area contributed by atoms with Gasteiger partial charge >= 0.3 is 0 Å². The molecule has 1 aliphatic rings. The van der Waals surface area contributed by atoms with Crippen LogP contribution in [0, 0.1) is 0 Å². The van der Waals surface area contributed by atoms with Crippen molar-refractivity contribution in [1.82, 2.24) is 9.88 Å². The zero-order valence-electron chi connectivity index (χ0n) is 17.2. The van der Waals surface area contributed by atoms with Crippen LogP contribution in [0.3, 0.4) is 0 Å². The number of rotatable bonds is 7. The summed E-state index contributed by atoms with van der Waals surface area (Å²) in [5.41, 5.74) is 3.24. The molecular weight excluding hydrogens is 398 g/mol. The van der Waals surface area contributed by atoms with Gasteiger partial charge in [-0.2, -0.15) is 0 Å². The van der Waals surface area contributed by atoms with Crippen molar-refractivity contribution < 1.29 is 9.21 Å². The van der Waals surface area contributed by atoms with E-state index in [1.54, 1.807) is 11.1 Å². The van der Waals surface area contributed by atoms with Crippen molar-refractivity contribution in [2.75, 3.05) is 25.0 Å². The number of para-hydroxylation sites is 1. The minimum Gasteiger partial charge on any atom is -0.441 e. The van der Waals surface area contributed by atoms with E-state index in [0.717, 1.165) is 18.7 Å². The lowest BCUT2D eigenvalue weighted by molar-refractivity contribution is -0.130. The van der Waals surface area contributed by atoms with Crippen LogP contribution in [0.4, 0.5) is 5.69 Å². The molecule has 0 radical (unpaired) electrons. The number of halogens is 1. The van der Waals surface area contributed by atoms with Gasteiger partial charge in [0.15, 0.2) is 11.7 Å². The summed E-state index contributed by atoms with van der Waals surface area (Å²) in [5.74, 6) is 1.24. The van der Waals surface area contributed by atoms with Crippen LogP contribution >= 0.6 is 11.6 Å². The number of carbonyl (C=O) groups excluding carboxylic acids is 1. The molecule has 0 saturated carbocycles. The van der Waals surface area contributed by atoms with Crippen molar-refractivity contribution in [2.45, 2.75) is 32.2 Å². The molecular formula is C24H26ClN3O2. The SMILES string of the molecule is CN(Cc1ccccc1N1CCCC1)C(=O)CCc1ncc(-c2ccccc2Cl)o1. The number of aromatic nitrogens is 1. The van der Waals surface area contributed by atoms with Gasteiger partial charge in [-0.1, -0.05) is 41.9 Å². The second kappa shape index (κ2) is 9.35. The van der Waals surface area contributed by atoms with Gasteiger partial charge in [-0.3, -0.25) is 4.79 Å². The molecule has 2 heterocycles. The van der Waals surface area contributed by atoms with Crippen LogP contribution in [-0.2, 0) is 17.8 Å². The van der Waals surface area contributed by atoms with E-state index in [1.165, 1.54) is 24.1 Å². The summed E-state index contributed by atoms with van der Waals surface area (Å²) in [6.07, 6.45) is 4.94. The molecule has 0 spiro atoms. The van der Waals surface area contributed by atoms with E-state index >= 15 is 0 Å². The summed E-state index contributed by atoms with van der Waals surface area (Å²) < 4.78 is 5.81. The van der Waals surface area contributed by atoms with Crippen LogP contribution in [0.25, 0.3) is 11.3 Å². The zero-order chi connectivity index (χ0) is 20.9. The quantitative estimate of drug-likeness (QED) is 0.525. The number of hydrogen-bond acceptors (Lipinski definition) is 4. The highest BCUT2D eigenvalue weighted by atomic mass is 35.5. The number of anilines is 1. The average Bonchev–Trinajstić information content (AvgIpc) is 3.45. The van der Waals surface area contributed by atoms with Gasteiger partial charge < -0.3 is 14.2 Å². The molecule has 1 amide bonds. The molecule has 1 saturated heterocycles. The molecule has 4 rings (SSSR count). The Morgan fingerprint density at radius 2 is 1.87 bits per heavy atom. The summed E-state index contributed by atoms with van der Waals surface area (Å²) >= 11 is 6.22. The molecule has 1 aromatic heterocycles. The number of amides is 1. The minimum atomic E-state index is 0.0729. The Morgan fingerprint density at radius 3 is 2.67 bits per heavy atom. The van der Waals surface area contributed by atoms with Crippen molar-refractivity contribution in [3.8, 4) is 11.3 Å². The number of oxazole rings is 1. The summed E-state index contributed by atoms with van der Waals surface area (Å²) in [6, 6.07) is 15.9. The number of benzene rings is 2. The second-order valence-corrected chi connectivity index (χ2v) is 8.08. The number of nitrogens with zero attached hydrogens (tertiary/aromatic N) is 3. The second-order valence-electron chi connectivity index (χ2n) is 7.67. The van der Waals surface area contributed by atoms with E-state index in [-0.39, 0.29) is 5.91 Å². The van der Waals surface area contributed by atoms with Gasteiger partial charge in [0.1, 0.15) is 0 Å². The van der Waals surface area contributed by atoms with Crippen LogP contribution < -0.4 is 4.90 Å². The predicted molar refractivity (Wildman–Crippen MR) is 120 cm³/mol. The monoisotopic (exact) mass is 423 g/mol. The first kappa shape index (κ1) is 20.5. The first-order chi connectivity index (χ1) is 14.6. The van der Waals surface area contributed by atoms with Gasteiger partial charge in [0.2, 0.25) is 5.91 Å². The molecule has 2 aromatic carbocycles. The van der Waals surface area contributed by atoms with E-state index < -0.39 is 0 Å². The maximum atomic E-state index is 12.7. The third-order valence-corrected chi connectivity index (χ3v) is 5.85. The molecule has 1 fully saturated rings. The van der Waals surface area contributed by atoms with Crippen LogP contribution in [0.15, 0.2) is 59.1 Å². The lowest BCUT2D eigenvalue weighted by atomic mass is 10.1. The molecule has 1 aliphatic heterocycles. The minimum absolute atomic E-state index is 0.0729. The lowest BCUT2D eigenvalue weighted by Gasteiger charge is -2.24. The maximum Gasteiger partial charge on any atom is 0.223 e. The molecule has 0 unspecified atom stereocenters. The highest BCUT2D eigenvalue weighted by molar-refractivity contribution is 6.33. The Kier molecular flexibility index (Phi) is 6.38. The molecule has 0 atom stereocenters. The fraction of sp³-hybridized carbons (Fsp3) is 0.333. The highest BCUT2D eigenvalue weighted by Crippen LogP contribution is 2.28. The van der Waals surface area contributed by atoms with E-state index in [4.69, 9.17) is 16.0 Å². The Bertz CT molecular complexity index is 1010. The topological polar surface area (TPSA) is 49.6 Å². The molecule has 6 heteroatoms. The molecule has 5 nitrogen and oxygen atoms in total. The van der Waals surface area contributed by atoms with Gasteiger partial charge in [-0.15, -0.1) is 0 Å². The van der Waals surface area contributed by atoms with E-state index in [1.807, 2.05) is 37.4 Å². The van der Waals surface area contributed by atoms with Crippen LogP contribution in [0.5, 0.6) is 0 Å². The fourth-order valence-corrected chi connectivity index (χ4v) is 4.10. The molecule has 0 aliphatic carbocycles. The summed E-state index contributed by atoms with van der Waals surface area (Å²) in [6.45, 7) is 2.78. The van der Waals surface area contributed by atoms with Gasteiger partial charge in [-0.05, 0) is 36.6 Å². The Hall–Kier alpha value is -2.79. The van der Waals surface area contributed by atoms with E-state index in [0.29, 0.717) is 36.1 Å². The Morgan fingerprint density at radius 1 is 1.13 bits per heavy atom. The predicted octanol–water partition coefficient (Wildman–Crippen LogP) is 5.19. The van der Waals surface area contributed by atoms with Crippen LogP contribution in [0.1, 0.15) is 30.7 Å². The third-order valence-electron chi connectivity index (χ3n) is 5.52. The van der Waals surface area contributed by atoms with Crippen molar-refractivity contribution in [2.24, 2.45) is 0 Å². The first-order valence-corrected chi connectivity index (χ1v) is 10.8. The van der Waals surface area contributed by atoms with Crippen LogP contribution in [-0.4, -0.2) is 35.9 Å². The smallest absolute Gasteiger partial charge is 0.223 e. The maximum absolute atomic E-state index is 12.7. The average molecular weight is 424 g/mol. The lowest BCUT2D eigenvalue weighted by Crippen LogP contribution is -2.28. The number of hydrogen-bond donors (Lipinski definition) is 0. The van der Waals surface area contributed by atoms with E-state index in [9.17, 15) is 4.79 Å². The summed E-state index contributed by atoms with van der Waals surface area (Å²) in [5, 5.41) is 0.618. The first-order valence-electron chi connectivity index (χ1n) is 10.4.